The molecule has 0 heterocycles. The van der Waals surface area contributed by atoms with Crippen LogP contribution in [-0.4, -0.2) is 22.8 Å². The molecule has 4 bridgehead atoms. The van der Waals surface area contributed by atoms with Gasteiger partial charge in [-0.05, 0) is 49.9 Å². The first-order chi connectivity index (χ1) is 7.97. The Kier molecular flexibility index (Phi) is 2.34. The van der Waals surface area contributed by atoms with Crippen LogP contribution in [0.1, 0.15) is 32.1 Å². The lowest BCUT2D eigenvalue weighted by Gasteiger charge is -2.57. The van der Waals surface area contributed by atoms with Crippen molar-refractivity contribution >= 4 is 5.97 Å². The second kappa shape index (κ2) is 3.55. The van der Waals surface area contributed by atoms with E-state index in [-0.39, 0.29) is 17.9 Å². The van der Waals surface area contributed by atoms with Crippen molar-refractivity contribution in [3.05, 3.63) is 12.4 Å². The molecule has 2 atom stereocenters. The van der Waals surface area contributed by atoms with Crippen LogP contribution in [-0.2, 0) is 9.53 Å². The Morgan fingerprint density at radius 2 is 1.88 bits per heavy atom. The first kappa shape index (κ1) is 11.2. The van der Waals surface area contributed by atoms with Gasteiger partial charge in [0, 0.05) is 0 Å². The van der Waals surface area contributed by atoms with Crippen LogP contribution in [0.3, 0.4) is 0 Å². The first-order valence-corrected chi connectivity index (χ1v) is 6.25. The van der Waals surface area contributed by atoms with Crippen molar-refractivity contribution in [3.63, 3.8) is 0 Å². The summed E-state index contributed by atoms with van der Waals surface area (Å²) < 4.78 is 17.9. The van der Waals surface area contributed by atoms with Gasteiger partial charge in [0.2, 0.25) is 5.83 Å². The van der Waals surface area contributed by atoms with Crippen molar-refractivity contribution < 1.29 is 19.0 Å². The molecule has 3 nitrogen and oxygen atoms in total. The molecule has 4 aliphatic rings. The highest BCUT2D eigenvalue weighted by molar-refractivity contribution is 5.85. The lowest BCUT2D eigenvalue weighted by Crippen LogP contribution is -2.57. The zero-order valence-electron chi connectivity index (χ0n) is 9.69. The van der Waals surface area contributed by atoms with Crippen LogP contribution in [0, 0.1) is 17.8 Å². The topological polar surface area (TPSA) is 46.5 Å². The molecule has 0 spiro atoms. The van der Waals surface area contributed by atoms with Gasteiger partial charge in [-0.15, -0.1) is 0 Å². The number of hydrogen-bond donors (Lipinski definition) is 1. The predicted octanol–water partition coefficient (Wildman–Crippen LogP) is 1.95. The average Bonchev–Trinajstić information content (AvgIpc) is 2.20. The maximum atomic E-state index is 12.7. The summed E-state index contributed by atoms with van der Waals surface area (Å²) in [7, 11) is 0. The molecular weight excluding hydrogens is 223 g/mol. The van der Waals surface area contributed by atoms with Gasteiger partial charge in [-0.3, -0.25) is 0 Å². The summed E-state index contributed by atoms with van der Waals surface area (Å²) in [6.45, 7) is 2.96. The third kappa shape index (κ3) is 1.79. The number of carbonyl (C=O) groups excluding carboxylic acids is 1. The molecule has 4 heteroatoms. The number of carbonyl (C=O) groups is 1. The van der Waals surface area contributed by atoms with E-state index >= 15 is 0 Å². The standard InChI is InChI=1S/C13H17FO3/c1-7(14)12(15)17-11-9-2-8-3-10(11)6-13(16,4-8)5-9/h8-11,16H,1-6H2. The zero-order chi connectivity index (χ0) is 12.2. The van der Waals surface area contributed by atoms with Crippen LogP contribution >= 0.6 is 0 Å². The van der Waals surface area contributed by atoms with Gasteiger partial charge < -0.3 is 9.84 Å². The fourth-order valence-electron chi connectivity index (χ4n) is 4.31. The summed E-state index contributed by atoms with van der Waals surface area (Å²) in [5.41, 5.74) is -0.549. The van der Waals surface area contributed by atoms with Crippen LogP contribution < -0.4 is 0 Å². The Bertz CT molecular complexity index is 363. The van der Waals surface area contributed by atoms with Crippen molar-refractivity contribution in [3.8, 4) is 0 Å². The van der Waals surface area contributed by atoms with E-state index in [9.17, 15) is 14.3 Å². The molecule has 0 aliphatic heterocycles. The summed E-state index contributed by atoms with van der Waals surface area (Å²) in [6.07, 6.45) is 4.04. The number of ether oxygens (including phenoxy) is 1. The zero-order valence-corrected chi connectivity index (χ0v) is 9.69. The molecule has 17 heavy (non-hydrogen) atoms. The third-order valence-corrected chi connectivity index (χ3v) is 4.62. The molecule has 0 radical (unpaired) electrons. The molecule has 0 aromatic heterocycles. The molecular formula is C13H17FO3. The molecule has 0 aromatic carbocycles. The van der Waals surface area contributed by atoms with Gasteiger partial charge in [0.25, 0.3) is 0 Å². The van der Waals surface area contributed by atoms with Gasteiger partial charge in [0.05, 0.1) is 5.60 Å². The molecule has 4 rings (SSSR count). The maximum Gasteiger partial charge on any atom is 0.366 e. The minimum absolute atomic E-state index is 0.203. The molecule has 2 unspecified atom stereocenters. The summed E-state index contributed by atoms with van der Waals surface area (Å²) in [5, 5.41) is 10.3. The smallest absolute Gasteiger partial charge is 0.366 e. The number of aliphatic hydroxyl groups is 1. The normalized spacial score (nSPS) is 46.9. The number of esters is 1. The van der Waals surface area contributed by atoms with Gasteiger partial charge in [-0.1, -0.05) is 6.58 Å². The van der Waals surface area contributed by atoms with Crippen LogP contribution in [0.25, 0.3) is 0 Å². The molecule has 0 saturated heterocycles. The first-order valence-electron chi connectivity index (χ1n) is 6.25. The van der Waals surface area contributed by atoms with E-state index in [4.69, 9.17) is 4.74 Å². The van der Waals surface area contributed by atoms with E-state index in [1.54, 1.807) is 0 Å². The fraction of sp³-hybridized carbons (Fsp3) is 0.769. The quantitative estimate of drug-likeness (QED) is 0.593. The van der Waals surface area contributed by atoms with E-state index in [1.165, 1.54) is 0 Å². The van der Waals surface area contributed by atoms with Gasteiger partial charge in [0.1, 0.15) is 6.10 Å². The summed E-state index contributed by atoms with van der Waals surface area (Å²) in [4.78, 5) is 11.3. The van der Waals surface area contributed by atoms with Gasteiger partial charge in [0.15, 0.2) is 0 Å². The third-order valence-electron chi connectivity index (χ3n) is 4.62. The lowest BCUT2D eigenvalue weighted by molar-refractivity contribution is -0.196. The van der Waals surface area contributed by atoms with Gasteiger partial charge in [-0.2, -0.15) is 4.39 Å². The Hall–Kier alpha value is -0.900. The van der Waals surface area contributed by atoms with Crippen molar-refractivity contribution in [1.82, 2.24) is 0 Å². The van der Waals surface area contributed by atoms with Crippen LogP contribution in [0.5, 0.6) is 0 Å². The average molecular weight is 240 g/mol. The van der Waals surface area contributed by atoms with E-state index in [0.29, 0.717) is 18.8 Å². The predicted molar refractivity (Wildman–Crippen MR) is 58.6 cm³/mol. The van der Waals surface area contributed by atoms with Crippen molar-refractivity contribution in [2.75, 3.05) is 0 Å². The highest BCUT2D eigenvalue weighted by atomic mass is 19.1. The second-order valence-electron chi connectivity index (χ2n) is 5.97. The molecule has 0 amide bonds. The SMILES string of the molecule is C=C(F)C(=O)OC1C2CC3CC1CC(O)(C3)C2. The minimum Gasteiger partial charge on any atom is -0.457 e. The largest absolute Gasteiger partial charge is 0.457 e. The fourth-order valence-corrected chi connectivity index (χ4v) is 4.31. The lowest BCUT2D eigenvalue weighted by atomic mass is 9.53. The highest BCUT2D eigenvalue weighted by Crippen LogP contribution is 2.56. The minimum atomic E-state index is -1.03. The molecule has 4 aliphatic carbocycles. The van der Waals surface area contributed by atoms with Crippen LogP contribution in [0.4, 0.5) is 4.39 Å². The number of rotatable bonds is 2. The highest BCUT2D eigenvalue weighted by Gasteiger charge is 2.56. The summed E-state index contributed by atoms with van der Waals surface area (Å²) in [6, 6.07) is 0. The van der Waals surface area contributed by atoms with Crippen molar-refractivity contribution in [2.45, 2.75) is 43.8 Å². The molecule has 0 aromatic rings. The second-order valence-corrected chi connectivity index (χ2v) is 5.97. The molecule has 1 N–H and O–H groups in total. The Morgan fingerprint density at radius 1 is 1.29 bits per heavy atom. The van der Waals surface area contributed by atoms with E-state index in [2.05, 4.69) is 6.58 Å². The van der Waals surface area contributed by atoms with Gasteiger partial charge in [-0.25, -0.2) is 4.79 Å². The number of hydrogen-bond acceptors (Lipinski definition) is 3. The van der Waals surface area contributed by atoms with E-state index in [0.717, 1.165) is 19.3 Å². The van der Waals surface area contributed by atoms with Gasteiger partial charge >= 0.3 is 5.97 Å². The molecule has 4 saturated carbocycles. The van der Waals surface area contributed by atoms with Crippen LogP contribution in [0.15, 0.2) is 12.4 Å². The molecule has 94 valence electrons. The van der Waals surface area contributed by atoms with Crippen molar-refractivity contribution in [2.24, 2.45) is 17.8 Å². The molecule has 4 fully saturated rings. The van der Waals surface area contributed by atoms with E-state index in [1.807, 2.05) is 0 Å². The van der Waals surface area contributed by atoms with Crippen LogP contribution in [0.2, 0.25) is 0 Å². The Morgan fingerprint density at radius 3 is 2.35 bits per heavy atom. The number of halogens is 1. The summed E-state index contributed by atoms with van der Waals surface area (Å²) >= 11 is 0. The Labute approximate surface area is 99.6 Å². The maximum absolute atomic E-state index is 12.7. The Balaban J connectivity index is 1.76. The monoisotopic (exact) mass is 240 g/mol. The summed E-state index contributed by atoms with van der Waals surface area (Å²) in [5.74, 6) is -1.00. The van der Waals surface area contributed by atoms with Crippen molar-refractivity contribution in [1.29, 1.82) is 0 Å². The van der Waals surface area contributed by atoms with E-state index < -0.39 is 17.4 Å².